The maximum absolute atomic E-state index is 13.2. The number of hydrogen-bond acceptors (Lipinski definition) is 9. The Bertz CT molecular complexity index is 1090. The van der Waals surface area contributed by atoms with Crippen molar-refractivity contribution in [3.8, 4) is 5.75 Å². The van der Waals surface area contributed by atoms with E-state index in [0.717, 1.165) is 0 Å². The normalized spacial score (nSPS) is 35.7. The lowest BCUT2D eigenvalue weighted by Crippen LogP contribution is -2.68. The second-order valence-corrected chi connectivity index (χ2v) is 7.91. The van der Waals surface area contributed by atoms with Crippen molar-refractivity contribution in [3.05, 3.63) is 52.0 Å². The van der Waals surface area contributed by atoms with Gasteiger partial charge in [0, 0.05) is 11.5 Å². The Morgan fingerprint density at radius 3 is 2.40 bits per heavy atom. The van der Waals surface area contributed by atoms with Crippen molar-refractivity contribution in [1.82, 2.24) is 0 Å². The number of carbonyl (C=O) groups excluding carboxylic acids is 3. The lowest BCUT2D eigenvalue weighted by molar-refractivity contribution is -0.156. The van der Waals surface area contributed by atoms with Crippen LogP contribution in [0.25, 0.3) is 0 Å². The molecule has 158 valence electrons. The lowest BCUT2D eigenvalue weighted by atomic mass is 9.55. The number of carbonyl (C=O) groups is 3. The Morgan fingerprint density at radius 2 is 1.80 bits per heavy atom. The summed E-state index contributed by atoms with van der Waals surface area (Å²) in [6.07, 6.45) is -1.66. The van der Waals surface area contributed by atoms with E-state index in [-0.39, 0.29) is 11.3 Å². The molecule has 10 nitrogen and oxygen atoms in total. The molecule has 0 radical (unpaired) electrons. The van der Waals surface area contributed by atoms with Crippen molar-refractivity contribution in [2.45, 2.75) is 30.6 Å². The van der Waals surface area contributed by atoms with Crippen molar-refractivity contribution in [1.29, 1.82) is 0 Å². The predicted molar refractivity (Wildman–Crippen MR) is 100 cm³/mol. The van der Waals surface area contributed by atoms with Crippen LogP contribution in [0, 0.1) is 11.8 Å². The molecule has 0 fully saturated rings. The second kappa shape index (κ2) is 6.14. The van der Waals surface area contributed by atoms with Gasteiger partial charge in [-0.25, -0.2) is 0 Å². The van der Waals surface area contributed by atoms with Gasteiger partial charge >= 0.3 is 0 Å². The molecule has 10 heteroatoms. The van der Waals surface area contributed by atoms with E-state index in [4.69, 9.17) is 11.5 Å². The highest BCUT2D eigenvalue weighted by atomic mass is 16.4. The Kier molecular flexibility index (Phi) is 4.11. The third kappa shape index (κ3) is 2.15. The molecule has 30 heavy (non-hydrogen) atoms. The van der Waals surface area contributed by atoms with E-state index in [9.17, 15) is 39.9 Å². The molecule has 0 bridgehead atoms. The van der Waals surface area contributed by atoms with E-state index in [2.05, 4.69) is 0 Å². The SMILES string of the molecule is C[C@H]1c2cccc(O)c2C(=O)C2=C(O)[C@]3(O)C(=O)C(C(N)=O)=C(O)[C@@H](N)[C@@H]3[C@@H](O)[C@@H]21. The number of aromatic hydroxyl groups is 1. The minimum absolute atomic E-state index is 0.127. The molecule has 0 saturated carbocycles. The van der Waals surface area contributed by atoms with E-state index >= 15 is 0 Å². The molecule has 1 aromatic carbocycles. The fourth-order valence-corrected chi connectivity index (χ4v) is 5.09. The fraction of sp³-hybridized carbons (Fsp3) is 0.350. The summed E-state index contributed by atoms with van der Waals surface area (Å²) in [6.45, 7) is 1.64. The number of amides is 1. The third-order valence-electron chi connectivity index (χ3n) is 6.52. The minimum atomic E-state index is -2.96. The Balaban J connectivity index is 2.04. The Labute approximate surface area is 169 Å². The Morgan fingerprint density at radius 1 is 1.17 bits per heavy atom. The average molecular weight is 416 g/mol. The first kappa shape index (κ1) is 20.1. The predicted octanol–water partition coefficient (Wildman–Crippen LogP) is -0.950. The van der Waals surface area contributed by atoms with Crippen molar-refractivity contribution in [3.63, 3.8) is 0 Å². The molecule has 0 saturated heterocycles. The summed E-state index contributed by atoms with van der Waals surface area (Å²) in [7, 11) is 0. The van der Waals surface area contributed by atoms with Gasteiger partial charge in [-0.1, -0.05) is 19.1 Å². The third-order valence-corrected chi connectivity index (χ3v) is 6.52. The number of rotatable bonds is 1. The number of phenolic OH excluding ortho intramolecular Hbond substituents is 1. The van der Waals surface area contributed by atoms with Gasteiger partial charge in [0.05, 0.1) is 23.6 Å². The van der Waals surface area contributed by atoms with E-state index in [0.29, 0.717) is 5.56 Å². The summed E-state index contributed by atoms with van der Waals surface area (Å²) in [5.74, 6) is -9.48. The molecule has 3 aliphatic carbocycles. The van der Waals surface area contributed by atoms with E-state index in [1.54, 1.807) is 13.0 Å². The number of hydrogen-bond donors (Lipinski definition) is 7. The second-order valence-electron chi connectivity index (χ2n) is 7.91. The molecular weight excluding hydrogens is 396 g/mol. The van der Waals surface area contributed by atoms with Crippen molar-refractivity contribution < 1.29 is 39.9 Å². The molecule has 0 heterocycles. The highest BCUT2D eigenvalue weighted by molar-refractivity contribution is 6.24. The largest absolute Gasteiger partial charge is 0.510 e. The zero-order valence-corrected chi connectivity index (χ0v) is 15.7. The Hall–Kier alpha value is -3.21. The van der Waals surface area contributed by atoms with Crippen LogP contribution < -0.4 is 11.5 Å². The minimum Gasteiger partial charge on any atom is -0.510 e. The topological polar surface area (TPSA) is 204 Å². The molecule has 0 spiro atoms. The lowest BCUT2D eigenvalue weighted by Gasteiger charge is -2.51. The quantitative estimate of drug-likeness (QED) is 0.281. The van der Waals surface area contributed by atoms with Crippen LogP contribution in [-0.4, -0.2) is 60.8 Å². The number of aliphatic hydroxyl groups excluding tert-OH is 3. The van der Waals surface area contributed by atoms with Gasteiger partial charge in [-0.05, 0) is 17.5 Å². The van der Waals surface area contributed by atoms with E-state index < -0.39 is 75.6 Å². The van der Waals surface area contributed by atoms with Crippen LogP contribution in [-0.2, 0) is 9.59 Å². The van der Waals surface area contributed by atoms with Crippen LogP contribution in [0.2, 0.25) is 0 Å². The van der Waals surface area contributed by atoms with Gasteiger partial charge in [-0.15, -0.1) is 0 Å². The summed E-state index contributed by atoms with van der Waals surface area (Å²) >= 11 is 0. The zero-order chi connectivity index (χ0) is 22.3. The monoisotopic (exact) mass is 416 g/mol. The van der Waals surface area contributed by atoms with Gasteiger partial charge in [0.25, 0.3) is 5.91 Å². The maximum Gasteiger partial charge on any atom is 0.255 e. The standard InChI is InChI=1S/C20H20N2O8/c1-5-6-3-2-4-7(23)9(6)14(24)10-8(5)15(25)12-13(21)16(26)11(19(22)29)18(28)20(12,30)17(10)27/h2-5,8,12-13,15,23,25-27,30H,21H2,1H3,(H2,22,29)/t5-,8+,12+,13-,15-,20-/m0/s1. The number of ketones is 2. The molecule has 0 aromatic heterocycles. The van der Waals surface area contributed by atoms with Crippen LogP contribution in [0.15, 0.2) is 40.9 Å². The van der Waals surface area contributed by atoms with Crippen molar-refractivity contribution in [2.75, 3.05) is 0 Å². The first-order chi connectivity index (χ1) is 14.0. The molecule has 6 atom stereocenters. The number of phenols is 1. The number of nitrogens with two attached hydrogens (primary N) is 2. The number of fused-ring (bicyclic) bond motifs is 3. The van der Waals surface area contributed by atoms with Crippen molar-refractivity contribution in [2.24, 2.45) is 23.3 Å². The van der Waals surface area contributed by atoms with Gasteiger partial charge in [-0.2, -0.15) is 0 Å². The summed E-state index contributed by atoms with van der Waals surface area (Å²) in [5.41, 5.74) is 6.90. The first-order valence-corrected chi connectivity index (χ1v) is 9.20. The summed E-state index contributed by atoms with van der Waals surface area (Å²) in [5, 5.41) is 53.7. The first-order valence-electron chi connectivity index (χ1n) is 9.20. The van der Waals surface area contributed by atoms with Gasteiger partial charge in [-0.3, -0.25) is 14.4 Å². The zero-order valence-electron chi connectivity index (χ0n) is 15.7. The van der Waals surface area contributed by atoms with Gasteiger partial charge in [0.2, 0.25) is 5.78 Å². The number of benzene rings is 1. The summed E-state index contributed by atoms with van der Waals surface area (Å²) < 4.78 is 0. The van der Waals surface area contributed by atoms with Crippen LogP contribution in [0.4, 0.5) is 0 Å². The molecule has 1 aromatic rings. The van der Waals surface area contributed by atoms with Crippen LogP contribution >= 0.6 is 0 Å². The number of aliphatic hydroxyl groups is 4. The number of Topliss-reactive ketones (excluding diaryl/α,β-unsaturated/α-hetero) is 2. The van der Waals surface area contributed by atoms with Gasteiger partial charge in [0.1, 0.15) is 22.8 Å². The van der Waals surface area contributed by atoms with Gasteiger partial charge < -0.3 is 37.0 Å². The molecule has 9 N–H and O–H groups in total. The molecule has 4 rings (SSSR count). The van der Waals surface area contributed by atoms with Crippen LogP contribution in [0.3, 0.4) is 0 Å². The van der Waals surface area contributed by atoms with Crippen LogP contribution in [0.1, 0.15) is 28.8 Å². The highest BCUT2D eigenvalue weighted by Crippen LogP contribution is 2.54. The molecular formula is C20H20N2O8. The molecule has 0 aliphatic heterocycles. The summed E-state index contributed by atoms with van der Waals surface area (Å²) in [6, 6.07) is 2.74. The highest BCUT2D eigenvalue weighted by Gasteiger charge is 2.66. The summed E-state index contributed by atoms with van der Waals surface area (Å²) in [4.78, 5) is 37.8. The maximum atomic E-state index is 13.2. The smallest absolute Gasteiger partial charge is 0.255 e. The number of primary amides is 1. The average Bonchev–Trinajstić information content (AvgIpc) is 2.67. The van der Waals surface area contributed by atoms with E-state index in [1.165, 1.54) is 12.1 Å². The fourth-order valence-electron chi connectivity index (χ4n) is 5.09. The molecule has 3 aliphatic rings. The van der Waals surface area contributed by atoms with Gasteiger partial charge in [0.15, 0.2) is 11.4 Å². The molecule has 0 unspecified atom stereocenters. The van der Waals surface area contributed by atoms with Crippen molar-refractivity contribution >= 4 is 17.5 Å². The molecule has 1 amide bonds. The van der Waals surface area contributed by atoms with Crippen LogP contribution in [0.5, 0.6) is 5.75 Å². The van der Waals surface area contributed by atoms with E-state index in [1.807, 2.05) is 0 Å².